The number of carbonyl (C=O) groups is 2. The zero-order valence-electron chi connectivity index (χ0n) is 11.9. The van der Waals surface area contributed by atoms with Gasteiger partial charge in [0.05, 0.1) is 5.54 Å². The monoisotopic (exact) mass is 255 g/mol. The van der Waals surface area contributed by atoms with Gasteiger partial charge in [0.25, 0.3) is 0 Å². The van der Waals surface area contributed by atoms with Crippen molar-refractivity contribution in [2.75, 3.05) is 0 Å². The van der Waals surface area contributed by atoms with Crippen molar-refractivity contribution < 1.29 is 14.3 Å². The Balaban J connectivity index is 2.73. The second kappa shape index (κ2) is 5.72. The number of carbonyl (C=O) groups excluding carboxylic acids is 2. The Morgan fingerprint density at radius 3 is 2.61 bits per heavy atom. The minimum atomic E-state index is -0.510. The molecular weight excluding hydrogens is 230 g/mol. The van der Waals surface area contributed by atoms with E-state index in [-0.39, 0.29) is 0 Å². The summed E-state index contributed by atoms with van der Waals surface area (Å²) in [5, 5.41) is 2.95. The number of nitrogens with one attached hydrogen (secondary N) is 1. The molecule has 104 valence electrons. The van der Waals surface area contributed by atoms with Crippen LogP contribution in [0.5, 0.6) is 0 Å². The zero-order valence-corrected chi connectivity index (χ0v) is 11.9. The van der Waals surface area contributed by atoms with Gasteiger partial charge >= 0.3 is 6.09 Å². The van der Waals surface area contributed by atoms with Crippen LogP contribution < -0.4 is 5.32 Å². The van der Waals surface area contributed by atoms with Crippen molar-refractivity contribution >= 4 is 12.4 Å². The van der Waals surface area contributed by atoms with Gasteiger partial charge in [-0.15, -0.1) is 0 Å². The number of alkyl carbamates (subject to hydrolysis) is 1. The average molecular weight is 255 g/mol. The van der Waals surface area contributed by atoms with Crippen molar-refractivity contribution in [3.05, 3.63) is 0 Å². The SMILES string of the molecule is CC1CCCCC1(CC=O)NC(=O)OC(C)(C)C. The highest BCUT2D eigenvalue weighted by Gasteiger charge is 2.40. The van der Waals surface area contributed by atoms with E-state index in [1.165, 1.54) is 0 Å². The standard InChI is InChI=1S/C14H25NO3/c1-11-7-5-6-8-14(11,9-10-16)15-12(17)18-13(2,3)4/h10-11H,5-9H2,1-4H3,(H,15,17). The summed E-state index contributed by atoms with van der Waals surface area (Å²) in [6, 6.07) is 0. The van der Waals surface area contributed by atoms with Gasteiger partial charge in [-0.25, -0.2) is 4.79 Å². The molecule has 0 aromatic carbocycles. The fourth-order valence-corrected chi connectivity index (χ4v) is 2.61. The number of hydrogen-bond acceptors (Lipinski definition) is 3. The third-order valence-corrected chi connectivity index (χ3v) is 3.65. The molecule has 0 heterocycles. The lowest BCUT2D eigenvalue weighted by molar-refractivity contribution is -0.109. The van der Waals surface area contributed by atoms with Crippen LogP contribution in [0, 0.1) is 5.92 Å². The molecule has 1 amide bonds. The summed E-state index contributed by atoms with van der Waals surface area (Å²) in [5.41, 5.74) is -0.924. The molecule has 1 aliphatic carbocycles. The fraction of sp³-hybridized carbons (Fsp3) is 0.857. The second-order valence-corrected chi connectivity index (χ2v) is 6.30. The summed E-state index contributed by atoms with van der Waals surface area (Å²) < 4.78 is 5.29. The van der Waals surface area contributed by atoms with Crippen LogP contribution in [0.4, 0.5) is 4.79 Å². The van der Waals surface area contributed by atoms with E-state index in [0.29, 0.717) is 12.3 Å². The Morgan fingerprint density at radius 1 is 1.44 bits per heavy atom. The van der Waals surface area contributed by atoms with Gasteiger partial charge < -0.3 is 14.8 Å². The Morgan fingerprint density at radius 2 is 2.11 bits per heavy atom. The number of aldehydes is 1. The molecule has 0 saturated heterocycles. The van der Waals surface area contributed by atoms with Gasteiger partial charge in [0.2, 0.25) is 0 Å². The van der Waals surface area contributed by atoms with E-state index in [2.05, 4.69) is 12.2 Å². The highest BCUT2D eigenvalue weighted by molar-refractivity contribution is 5.70. The molecule has 1 fully saturated rings. The van der Waals surface area contributed by atoms with Crippen LogP contribution in [0.3, 0.4) is 0 Å². The molecule has 0 spiro atoms. The number of hydrogen-bond donors (Lipinski definition) is 1. The van der Waals surface area contributed by atoms with Crippen molar-refractivity contribution in [2.45, 2.75) is 70.9 Å². The first-order valence-electron chi connectivity index (χ1n) is 6.74. The maximum Gasteiger partial charge on any atom is 0.408 e. The number of amides is 1. The van der Waals surface area contributed by atoms with E-state index < -0.39 is 17.2 Å². The van der Waals surface area contributed by atoms with Crippen molar-refractivity contribution in [3.8, 4) is 0 Å². The van der Waals surface area contributed by atoms with Gasteiger partial charge in [-0.1, -0.05) is 19.8 Å². The molecule has 1 saturated carbocycles. The average Bonchev–Trinajstić information content (AvgIpc) is 2.20. The first-order valence-corrected chi connectivity index (χ1v) is 6.74. The van der Waals surface area contributed by atoms with Gasteiger partial charge in [-0.2, -0.15) is 0 Å². The fourth-order valence-electron chi connectivity index (χ4n) is 2.61. The smallest absolute Gasteiger partial charge is 0.408 e. The molecule has 4 nitrogen and oxygen atoms in total. The number of rotatable bonds is 3. The maximum absolute atomic E-state index is 11.9. The summed E-state index contributed by atoms with van der Waals surface area (Å²) in [7, 11) is 0. The quantitative estimate of drug-likeness (QED) is 0.789. The minimum absolute atomic E-state index is 0.309. The van der Waals surface area contributed by atoms with Gasteiger partial charge in [0.15, 0.2) is 0 Å². The normalized spacial score (nSPS) is 28.6. The summed E-state index contributed by atoms with van der Waals surface area (Å²) in [5.74, 6) is 0.309. The zero-order chi connectivity index (χ0) is 13.8. The van der Waals surface area contributed by atoms with Crippen LogP contribution in [-0.2, 0) is 9.53 Å². The molecule has 18 heavy (non-hydrogen) atoms. The van der Waals surface area contributed by atoms with E-state index in [1.54, 1.807) is 0 Å². The number of ether oxygens (including phenoxy) is 1. The molecule has 0 aromatic heterocycles. The summed E-state index contributed by atoms with van der Waals surface area (Å²) in [6.45, 7) is 7.61. The molecule has 0 aromatic rings. The largest absolute Gasteiger partial charge is 0.444 e. The highest BCUT2D eigenvalue weighted by Crippen LogP contribution is 2.35. The first-order chi connectivity index (χ1) is 8.29. The lowest BCUT2D eigenvalue weighted by atomic mass is 9.72. The van der Waals surface area contributed by atoms with Gasteiger partial charge in [-0.3, -0.25) is 0 Å². The Kier molecular flexibility index (Phi) is 4.77. The summed E-state index contributed by atoms with van der Waals surface area (Å²) in [4.78, 5) is 22.8. The topological polar surface area (TPSA) is 55.4 Å². The van der Waals surface area contributed by atoms with Crippen LogP contribution in [-0.4, -0.2) is 23.5 Å². The molecule has 0 aliphatic heterocycles. The minimum Gasteiger partial charge on any atom is -0.444 e. The lowest BCUT2D eigenvalue weighted by Gasteiger charge is -2.42. The van der Waals surface area contributed by atoms with Crippen LogP contribution in [0.15, 0.2) is 0 Å². The molecule has 2 unspecified atom stereocenters. The first kappa shape index (κ1) is 15.0. The lowest BCUT2D eigenvalue weighted by Crippen LogP contribution is -2.55. The Bertz CT molecular complexity index is 309. The molecule has 1 N–H and O–H groups in total. The van der Waals surface area contributed by atoms with E-state index in [9.17, 15) is 9.59 Å². The van der Waals surface area contributed by atoms with Crippen LogP contribution in [0.1, 0.15) is 59.8 Å². The molecule has 1 rings (SSSR count). The van der Waals surface area contributed by atoms with Gasteiger partial charge in [0, 0.05) is 6.42 Å². The van der Waals surface area contributed by atoms with E-state index in [4.69, 9.17) is 4.74 Å². The van der Waals surface area contributed by atoms with E-state index in [0.717, 1.165) is 32.0 Å². The van der Waals surface area contributed by atoms with Crippen molar-refractivity contribution in [1.82, 2.24) is 5.32 Å². The van der Waals surface area contributed by atoms with Gasteiger partial charge in [0.1, 0.15) is 11.9 Å². The molecular formula is C14H25NO3. The van der Waals surface area contributed by atoms with Crippen molar-refractivity contribution in [1.29, 1.82) is 0 Å². The second-order valence-electron chi connectivity index (χ2n) is 6.30. The molecule has 4 heteroatoms. The van der Waals surface area contributed by atoms with Crippen molar-refractivity contribution in [3.63, 3.8) is 0 Å². The summed E-state index contributed by atoms with van der Waals surface area (Å²) in [6.07, 6.45) is 4.96. The predicted octanol–water partition coefficient (Wildman–Crippen LogP) is 3.05. The predicted molar refractivity (Wildman–Crippen MR) is 70.4 cm³/mol. The van der Waals surface area contributed by atoms with E-state index in [1.807, 2.05) is 20.8 Å². The van der Waals surface area contributed by atoms with E-state index >= 15 is 0 Å². The molecule has 0 bridgehead atoms. The van der Waals surface area contributed by atoms with Gasteiger partial charge in [-0.05, 0) is 39.5 Å². The Labute approximate surface area is 109 Å². The molecule has 2 atom stereocenters. The van der Waals surface area contributed by atoms with Crippen LogP contribution in [0.25, 0.3) is 0 Å². The molecule has 1 aliphatic rings. The summed E-state index contributed by atoms with van der Waals surface area (Å²) >= 11 is 0. The maximum atomic E-state index is 11.9. The van der Waals surface area contributed by atoms with Crippen LogP contribution in [0.2, 0.25) is 0 Å². The third kappa shape index (κ3) is 4.00. The third-order valence-electron chi connectivity index (χ3n) is 3.65. The molecule has 0 radical (unpaired) electrons. The highest BCUT2D eigenvalue weighted by atomic mass is 16.6. The Hall–Kier alpha value is -1.06. The van der Waals surface area contributed by atoms with Crippen LogP contribution >= 0.6 is 0 Å². The van der Waals surface area contributed by atoms with Crippen molar-refractivity contribution in [2.24, 2.45) is 5.92 Å².